The van der Waals surface area contributed by atoms with Crippen LogP contribution in [0.15, 0.2) is 17.0 Å². The Morgan fingerprint density at radius 2 is 1.68 bits per heavy atom. The van der Waals surface area contributed by atoms with E-state index >= 15 is 0 Å². The van der Waals surface area contributed by atoms with Gasteiger partial charge in [0.05, 0.1) is 24.0 Å². The maximum absolute atomic E-state index is 13.2. The molecule has 4 nitrogen and oxygen atoms in total. The molecule has 0 spiro atoms. The van der Waals surface area contributed by atoms with Crippen molar-refractivity contribution in [3.63, 3.8) is 0 Å². The molecule has 0 amide bonds. The van der Waals surface area contributed by atoms with Crippen LogP contribution in [0.5, 0.6) is 0 Å². The summed E-state index contributed by atoms with van der Waals surface area (Å²) in [5.74, 6) is -0.0299. The molecular weight excluding hydrogens is 300 g/mol. The lowest BCUT2D eigenvalue weighted by Crippen LogP contribution is -2.35. The monoisotopic (exact) mass is 322 g/mol. The summed E-state index contributed by atoms with van der Waals surface area (Å²) in [7, 11) is -1.36. The molecule has 1 aliphatic carbocycles. The molecule has 120 valence electrons. The fraction of sp³-hybridized carbons (Fsp3) is 0.588. The van der Waals surface area contributed by atoms with Gasteiger partial charge in [0.15, 0.2) is 6.29 Å². The number of aryl methyl sites for hydroxylation is 3. The van der Waals surface area contributed by atoms with Crippen molar-refractivity contribution in [1.82, 2.24) is 0 Å². The van der Waals surface area contributed by atoms with E-state index in [1.807, 2.05) is 32.9 Å². The first-order valence-electron chi connectivity index (χ1n) is 7.73. The smallest absolute Gasteiger partial charge is 0.162 e. The van der Waals surface area contributed by atoms with E-state index < -0.39 is 16.0 Å². The van der Waals surface area contributed by atoms with Crippen LogP contribution in [-0.2, 0) is 25.1 Å². The quantitative estimate of drug-likeness (QED) is 0.858. The molecule has 1 aromatic rings. The third-order valence-electron chi connectivity index (χ3n) is 4.46. The van der Waals surface area contributed by atoms with Crippen LogP contribution in [0.25, 0.3) is 0 Å². The summed E-state index contributed by atoms with van der Waals surface area (Å²) in [6, 6.07) is 4.05. The van der Waals surface area contributed by atoms with E-state index in [0.29, 0.717) is 26.1 Å². The second-order valence-corrected chi connectivity index (χ2v) is 7.74. The molecule has 2 fully saturated rings. The first-order valence-corrected chi connectivity index (χ1v) is 8.94. The highest BCUT2D eigenvalue weighted by Crippen LogP contribution is 2.36. The lowest BCUT2D eigenvalue weighted by atomic mass is 10.1. The summed E-state index contributed by atoms with van der Waals surface area (Å²) in [6.07, 6.45) is 0.782. The number of carbonyl (C=O) groups excluding carboxylic acids is 1. The number of ketones is 1. The van der Waals surface area contributed by atoms with Crippen molar-refractivity contribution < 1.29 is 18.5 Å². The van der Waals surface area contributed by atoms with E-state index in [9.17, 15) is 9.00 Å². The molecule has 3 rings (SSSR count). The standard InChI is InChI=1S/C17H22O4S/c1-10-8-11(2)15(12(3)9-10)22(19)16-13(4-5-14(16)18)17-20-6-7-21-17/h8-9,13,16-17H,4-7H2,1-3H3/t13-,16?,22?/m1/s1. The second-order valence-electron chi connectivity index (χ2n) is 6.22. The lowest BCUT2D eigenvalue weighted by molar-refractivity contribution is -0.119. The zero-order valence-corrected chi connectivity index (χ0v) is 14.1. The first kappa shape index (κ1) is 15.8. The van der Waals surface area contributed by atoms with Crippen molar-refractivity contribution >= 4 is 16.6 Å². The number of carbonyl (C=O) groups is 1. The van der Waals surface area contributed by atoms with Crippen LogP contribution < -0.4 is 0 Å². The van der Waals surface area contributed by atoms with Crippen LogP contribution in [0.2, 0.25) is 0 Å². The number of hydrogen-bond acceptors (Lipinski definition) is 4. The number of ether oxygens (including phenoxy) is 2. The molecule has 0 bridgehead atoms. The highest BCUT2D eigenvalue weighted by Gasteiger charge is 2.46. The largest absolute Gasteiger partial charge is 0.350 e. The summed E-state index contributed by atoms with van der Waals surface area (Å²) in [4.78, 5) is 13.1. The number of Topliss-reactive ketones (excluding diaryl/α,β-unsaturated/α-hetero) is 1. The highest BCUT2D eigenvalue weighted by molar-refractivity contribution is 7.86. The van der Waals surface area contributed by atoms with Crippen molar-refractivity contribution in [3.05, 3.63) is 28.8 Å². The minimum absolute atomic E-state index is 0.0711. The Morgan fingerprint density at radius 1 is 1.09 bits per heavy atom. The molecule has 22 heavy (non-hydrogen) atoms. The third kappa shape index (κ3) is 2.77. The Balaban J connectivity index is 1.94. The first-order chi connectivity index (χ1) is 10.5. The van der Waals surface area contributed by atoms with E-state index in [4.69, 9.17) is 9.47 Å². The molecule has 1 heterocycles. The van der Waals surface area contributed by atoms with Gasteiger partial charge in [-0.2, -0.15) is 0 Å². The van der Waals surface area contributed by atoms with E-state index in [-0.39, 0.29) is 18.0 Å². The molecule has 0 radical (unpaired) electrons. The van der Waals surface area contributed by atoms with Crippen molar-refractivity contribution in [2.75, 3.05) is 13.2 Å². The van der Waals surface area contributed by atoms with Crippen LogP contribution in [-0.4, -0.2) is 34.7 Å². The average molecular weight is 322 g/mol. The summed E-state index contributed by atoms with van der Waals surface area (Å²) < 4.78 is 24.3. The minimum atomic E-state index is -1.36. The van der Waals surface area contributed by atoms with E-state index in [1.54, 1.807) is 0 Å². The molecule has 0 N–H and O–H groups in total. The number of hydrogen-bond donors (Lipinski definition) is 0. The van der Waals surface area contributed by atoms with Crippen molar-refractivity contribution in [3.8, 4) is 0 Å². The molecule has 5 heteroatoms. The predicted octanol–water partition coefficient (Wildman–Crippen LogP) is 2.44. The minimum Gasteiger partial charge on any atom is -0.350 e. The van der Waals surface area contributed by atoms with Gasteiger partial charge in [-0.1, -0.05) is 17.7 Å². The van der Waals surface area contributed by atoms with Crippen molar-refractivity contribution in [1.29, 1.82) is 0 Å². The van der Waals surface area contributed by atoms with Crippen LogP contribution in [0.3, 0.4) is 0 Å². The topological polar surface area (TPSA) is 52.6 Å². The maximum atomic E-state index is 13.2. The normalized spacial score (nSPS) is 27.5. The zero-order valence-electron chi connectivity index (χ0n) is 13.3. The predicted molar refractivity (Wildman–Crippen MR) is 84.3 cm³/mol. The van der Waals surface area contributed by atoms with Gasteiger partial charge in [-0.05, 0) is 38.3 Å². The highest BCUT2D eigenvalue weighted by atomic mass is 32.2. The van der Waals surface area contributed by atoms with Crippen LogP contribution in [0.1, 0.15) is 29.5 Å². The Bertz CT molecular complexity index is 596. The van der Waals surface area contributed by atoms with E-state index in [1.165, 1.54) is 0 Å². The second kappa shape index (κ2) is 6.22. The Kier molecular flexibility index (Phi) is 4.48. The van der Waals surface area contributed by atoms with Crippen LogP contribution in [0.4, 0.5) is 0 Å². The Labute approximate surface area is 133 Å². The third-order valence-corrected chi connectivity index (χ3v) is 6.58. The summed E-state index contributed by atoms with van der Waals surface area (Å²) >= 11 is 0. The number of rotatable bonds is 3. The van der Waals surface area contributed by atoms with Crippen molar-refractivity contribution in [2.45, 2.75) is 50.0 Å². The van der Waals surface area contributed by atoms with Gasteiger partial charge in [0.1, 0.15) is 11.0 Å². The molecule has 1 aliphatic heterocycles. The zero-order chi connectivity index (χ0) is 15.9. The van der Waals surface area contributed by atoms with Gasteiger partial charge in [-0.15, -0.1) is 0 Å². The van der Waals surface area contributed by atoms with Crippen LogP contribution in [0, 0.1) is 26.7 Å². The van der Waals surface area contributed by atoms with Crippen LogP contribution >= 0.6 is 0 Å². The summed E-state index contributed by atoms with van der Waals surface area (Å²) in [6.45, 7) is 7.06. The average Bonchev–Trinajstić information content (AvgIpc) is 3.05. The van der Waals surface area contributed by atoms with Gasteiger partial charge in [-0.25, -0.2) is 0 Å². The summed E-state index contributed by atoms with van der Waals surface area (Å²) in [5.41, 5.74) is 3.12. The molecule has 1 saturated heterocycles. The molecule has 0 aromatic heterocycles. The van der Waals surface area contributed by atoms with E-state index in [0.717, 1.165) is 21.6 Å². The fourth-order valence-electron chi connectivity index (χ4n) is 3.63. The molecule has 2 unspecified atom stereocenters. The van der Waals surface area contributed by atoms with Gasteiger partial charge in [-0.3, -0.25) is 9.00 Å². The van der Waals surface area contributed by atoms with Crippen molar-refractivity contribution in [2.24, 2.45) is 5.92 Å². The van der Waals surface area contributed by atoms with Gasteiger partial charge in [0, 0.05) is 17.2 Å². The van der Waals surface area contributed by atoms with Gasteiger partial charge in [0.25, 0.3) is 0 Å². The fourth-order valence-corrected chi connectivity index (χ4v) is 5.58. The lowest BCUT2D eigenvalue weighted by Gasteiger charge is -2.24. The Hall–Kier alpha value is -1.04. The molecular formula is C17H22O4S. The van der Waals surface area contributed by atoms with Gasteiger partial charge in [0.2, 0.25) is 0 Å². The molecule has 2 aliphatic rings. The van der Waals surface area contributed by atoms with Gasteiger partial charge < -0.3 is 9.47 Å². The SMILES string of the molecule is Cc1cc(C)c(S(=O)C2C(=O)CC[C@H]2C2OCCO2)c(C)c1. The molecule has 1 aromatic carbocycles. The molecule has 3 atom stereocenters. The molecule has 1 saturated carbocycles. The maximum Gasteiger partial charge on any atom is 0.162 e. The Morgan fingerprint density at radius 3 is 2.27 bits per heavy atom. The van der Waals surface area contributed by atoms with E-state index in [2.05, 4.69) is 0 Å². The van der Waals surface area contributed by atoms with Gasteiger partial charge >= 0.3 is 0 Å². The summed E-state index contributed by atoms with van der Waals surface area (Å²) in [5, 5.41) is -0.511. The number of benzene rings is 1.